The number of carbonyl (C=O) groups excluding carboxylic acids is 1. The Morgan fingerprint density at radius 3 is 2.47 bits per heavy atom. The summed E-state index contributed by atoms with van der Waals surface area (Å²) in [5, 5.41) is 2.77. The van der Waals surface area contributed by atoms with E-state index in [4.69, 9.17) is 0 Å². The summed E-state index contributed by atoms with van der Waals surface area (Å²) in [5.41, 5.74) is -0.346. The fraction of sp³-hybridized carbons (Fsp3) is 0.667. The number of halogens is 3. The summed E-state index contributed by atoms with van der Waals surface area (Å²) in [6.07, 6.45) is 0.332. The summed E-state index contributed by atoms with van der Waals surface area (Å²) in [7, 11) is -3.06. The number of para-hydroxylation sites is 1. The van der Waals surface area contributed by atoms with Crippen molar-refractivity contribution in [2.75, 3.05) is 18.1 Å². The van der Waals surface area contributed by atoms with Gasteiger partial charge in [-0.1, -0.05) is 31.9 Å². The van der Waals surface area contributed by atoms with Crippen molar-refractivity contribution in [1.82, 2.24) is 5.32 Å². The van der Waals surface area contributed by atoms with Crippen LogP contribution in [0.4, 0.5) is 13.2 Å². The second-order valence-electron chi connectivity index (χ2n) is 8.76. The van der Waals surface area contributed by atoms with Gasteiger partial charge in [0.25, 0.3) is 5.91 Å². The zero-order valence-electron chi connectivity index (χ0n) is 17.0. The molecule has 0 saturated heterocycles. The quantitative estimate of drug-likeness (QED) is 0.579. The number of benzene rings is 1. The lowest BCUT2D eigenvalue weighted by molar-refractivity contribution is -0.274. The van der Waals surface area contributed by atoms with Crippen molar-refractivity contribution in [2.45, 2.75) is 51.8 Å². The third-order valence-corrected chi connectivity index (χ3v) is 7.86. The van der Waals surface area contributed by atoms with E-state index < -0.39 is 27.9 Å². The molecule has 0 heterocycles. The number of hydrogen-bond acceptors (Lipinski definition) is 4. The molecule has 1 N–H and O–H groups in total. The lowest BCUT2D eigenvalue weighted by atomic mass is 9.60. The number of alkyl halides is 3. The van der Waals surface area contributed by atoms with Gasteiger partial charge in [0, 0.05) is 12.3 Å². The van der Waals surface area contributed by atoms with Crippen molar-refractivity contribution < 1.29 is 31.1 Å². The number of ether oxygens (including phenoxy) is 1. The number of sulfone groups is 1. The number of amides is 1. The molecular weight excluding hydrogens is 419 g/mol. The highest BCUT2D eigenvalue weighted by Crippen LogP contribution is 2.54. The van der Waals surface area contributed by atoms with Crippen molar-refractivity contribution >= 4 is 15.7 Å². The number of hydrogen-bond donors (Lipinski definition) is 1. The topological polar surface area (TPSA) is 72.5 Å². The van der Waals surface area contributed by atoms with Crippen molar-refractivity contribution in [3.63, 3.8) is 0 Å². The smallest absolute Gasteiger partial charge is 0.405 e. The molecule has 3 rings (SSSR count). The highest BCUT2D eigenvalue weighted by molar-refractivity contribution is 7.91. The first-order valence-corrected chi connectivity index (χ1v) is 12.2. The number of nitrogens with one attached hydrogen (secondary N) is 1. The summed E-state index contributed by atoms with van der Waals surface area (Å²) in [5.74, 6) is -0.119. The Labute approximate surface area is 175 Å². The van der Waals surface area contributed by atoms with Gasteiger partial charge in [0.1, 0.15) is 5.75 Å². The summed E-state index contributed by atoms with van der Waals surface area (Å²) >= 11 is 0. The van der Waals surface area contributed by atoms with Crippen molar-refractivity contribution in [3.05, 3.63) is 29.8 Å². The van der Waals surface area contributed by atoms with Crippen LogP contribution in [0.25, 0.3) is 0 Å². The summed E-state index contributed by atoms with van der Waals surface area (Å²) in [6, 6.07) is 5.26. The van der Waals surface area contributed by atoms with Gasteiger partial charge in [-0.25, -0.2) is 8.42 Å². The van der Waals surface area contributed by atoms with Crippen molar-refractivity contribution in [3.8, 4) is 5.75 Å². The molecule has 0 atom stereocenters. The second kappa shape index (κ2) is 8.77. The van der Waals surface area contributed by atoms with Crippen LogP contribution in [-0.4, -0.2) is 38.7 Å². The molecule has 2 saturated carbocycles. The van der Waals surface area contributed by atoms with Gasteiger partial charge in [-0.05, 0) is 55.1 Å². The predicted octanol–water partition coefficient (Wildman–Crippen LogP) is 4.34. The van der Waals surface area contributed by atoms with Crippen LogP contribution in [0.15, 0.2) is 24.3 Å². The zero-order valence-corrected chi connectivity index (χ0v) is 17.8. The van der Waals surface area contributed by atoms with E-state index in [0.29, 0.717) is 31.7 Å². The van der Waals surface area contributed by atoms with E-state index in [1.807, 2.05) is 6.92 Å². The highest BCUT2D eigenvalue weighted by atomic mass is 32.2. The van der Waals surface area contributed by atoms with Crippen LogP contribution in [0.5, 0.6) is 5.75 Å². The summed E-state index contributed by atoms with van der Waals surface area (Å²) in [6.45, 7) is 2.17. The molecule has 2 fully saturated rings. The van der Waals surface area contributed by atoms with Crippen LogP contribution in [0.2, 0.25) is 0 Å². The molecule has 1 aromatic rings. The van der Waals surface area contributed by atoms with Crippen LogP contribution in [-0.2, 0) is 9.84 Å². The fourth-order valence-electron chi connectivity index (χ4n) is 4.58. The van der Waals surface area contributed by atoms with Crippen LogP contribution < -0.4 is 10.1 Å². The van der Waals surface area contributed by atoms with Gasteiger partial charge < -0.3 is 10.1 Å². The zero-order chi connectivity index (χ0) is 22.0. The van der Waals surface area contributed by atoms with E-state index in [1.165, 1.54) is 18.2 Å². The van der Waals surface area contributed by atoms with E-state index >= 15 is 0 Å². The van der Waals surface area contributed by atoms with Gasteiger partial charge in [0.15, 0.2) is 9.84 Å². The first-order valence-electron chi connectivity index (χ1n) is 10.3. The van der Waals surface area contributed by atoms with Crippen LogP contribution in [0.1, 0.15) is 55.8 Å². The normalized spacial score (nSPS) is 24.2. The first-order chi connectivity index (χ1) is 14.0. The Balaban J connectivity index is 1.62. The van der Waals surface area contributed by atoms with Crippen LogP contribution >= 0.6 is 0 Å². The van der Waals surface area contributed by atoms with Gasteiger partial charge in [-0.3, -0.25) is 4.79 Å². The van der Waals surface area contributed by atoms with Gasteiger partial charge in [0.2, 0.25) is 0 Å². The lowest BCUT2D eigenvalue weighted by Crippen LogP contribution is -2.48. The average molecular weight is 448 g/mol. The Bertz CT molecular complexity index is 859. The molecule has 0 spiro atoms. The molecule has 0 bridgehead atoms. The van der Waals surface area contributed by atoms with E-state index in [0.717, 1.165) is 25.3 Å². The monoisotopic (exact) mass is 447 g/mol. The standard InChI is InChI=1S/C21H28F3NO4S/c1-2-9-30(27,28)13-16-11-20(12-16,10-15-7-8-15)14-25-19(26)17-5-3-4-6-18(17)29-21(22,23)24/h3-6,15-16H,2,7-14H2,1H3,(H,25,26)/t16-,20-. The Morgan fingerprint density at radius 2 is 1.87 bits per heavy atom. The highest BCUT2D eigenvalue weighted by Gasteiger charge is 2.48. The van der Waals surface area contributed by atoms with Crippen molar-refractivity contribution in [1.29, 1.82) is 0 Å². The molecule has 1 aromatic carbocycles. The maximum Gasteiger partial charge on any atom is 0.573 e. The van der Waals surface area contributed by atoms with E-state index in [9.17, 15) is 26.4 Å². The molecule has 0 aromatic heterocycles. The van der Waals surface area contributed by atoms with Gasteiger partial charge in [-0.15, -0.1) is 13.2 Å². The molecule has 168 valence electrons. The third kappa shape index (κ3) is 6.36. The molecule has 2 aliphatic carbocycles. The molecule has 1 amide bonds. The second-order valence-corrected chi connectivity index (χ2v) is 11.0. The van der Waals surface area contributed by atoms with Gasteiger partial charge in [-0.2, -0.15) is 0 Å². The molecule has 2 aliphatic rings. The first kappa shape index (κ1) is 22.9. The van der Waals surface area contributed by atoms with Gasteiger partial charge >= 0.3 is 6.36 Å². The average Bonchev–Trinajstić information content (AvgIpc) is 3.40. The molecule has 9 heteroatoms. The molecule has 0 unspecified atom stereocenters. The summed E-state index contributed by atoms with van der Waals surface area (Å²) in [4.78, 5) is 12.6. The maximum absolute atomic E-state index is 12.6. The molecule has 0 aliphatic heterocycles. The number of rotatable bonds is 10. The third-order valence-electron chi connectivity index (χ3n) is 5.85. The minimum Gasteiger partial charge on any atom is -0.405 e. The number of carbonyl (C=O) groups is 1. The molecule has 0 radical (unpaired) electrons. The minimum atomic E-state index is -4.88. The van der Waals surface area contributed by atoms with Gasteiger partial charge in [0.05, 0.1) is 11.3 Å². The largest absolute Gasteiger partial charge is 0.573 e. The Hall–Kier alpha value is -1.77. The molecular formula is C21H28F3NO4S. The molecule has 30 heavy (non-hydrogen) atoms. The fourth-order valence-corrected chi connectivity index (χ4v) is 6.33. The van der Waals surface area contributed by atoms with Crippen LogP contribution in [0, 0.1) is 17.3 Å². The van der Waals surface area contributed by atoms with E-state index in [1.54, 1.807) is 0 Å². The Kier molecular flexibility index (Phi) is 6.69. The Morgan fingerprint density at radius 1 is 1.20 bits per heavy atom. The lowest BCUT2D eigenvalue weighted by Gasteiger charge is -2.48. The minimum absolute atomic E-state index is 0.0815. The van der Waals surface area contributed by atoms with Crippen LogP contribution in [0.3, 0.4) is 0 Å². The molecule has 5 nitrogen and oxygen atoms in total. The SMILES string of the molecule is CCCS(=O)(=O)C[C@H]1C[C@@](CNC(=O)c2ccccc2OC(F)(F)F)(CC2CC2)C1. The van der Waals surface area contributed by atoms with Crippen molar-refractivity contribution in [2.24, 2.45) is 17.3 Å². The predicted molar refractivity (Wildman–Crippen MR) is 107 cm³/mol. The maximum atomic E-state index is 12.6. The van der Waals surface area contributed by atoms with E-state index in [2.05, 4.69) is 10.1 Å². The summed E-state index contributed by atoms with van der Waals surface area (Å²) < 4.78 is 66.0. The van der Waals surface area contributed by atoms with E-state index in [-0.39, 0.29) is 28.4 Å².